The lowest BCUT2D eigenvalue weighted by Crippen LogP contribution is -2.57. The van der Waals surface area contributed by atoms with Gasteiger partial charge in [-0.25, -0.2) is 8.42 Å². The van der Waals surface area contributed by atoms with Crippen molar-refractivity contribution >= 4 is 15.8 Å². The Morgan fingerprint density at radius 2 is 2.04 bits per heavy atom. The second-order valence-corrected chi connectivity index (χ2v) is 7.95. The van der Waals surface area contributed by atoms with E-state index in [1.165, 1.54) is 12.1 Å². The van der Waals surface area contributed by atoms with Gasteiger partial charge in [-0.3, -0.25) is 4.79 Å². The van der Waals surface area contributed by atoms with Crippen molar-refractivity contribution < 1.29 is 22.7 Å². The Labute approximate surface area is 148 Å². The third-order valence-electron chi connectivity index (χ3n) is 4.13. The van der Waals surface area contributed by atoms with E-state index in [0.717, 1.165) is 0 Å². The lowest BCUT2D eigenvalue weighted by atomic mass is 9.99. The summed E-state index contributed by atoms with van der Waals surface area (Å²) in [5.41, 5.74) is 0. The van der Waals surface area contributed by atoms with Gasteiger partial charge < -0.3 is 14.8 Å². The van der Waals surface area contributed by atoms with Gasteiger partial charge >= 0.3 is 5.97 Å². The van der Waals surface area contributed by atoms with Crippen LogP contribution in [0.25, 0.3) is 0 Å². The second kappa shape index (κ2) is 8.37. The zero-order valence-corrected chi connectivity index (χ0v) is 15.3. The number of hydrogen-bond acceptors (Lipinski definition) is 6. The Morgan fingerprint density at radius 3 is 2.60 bits per heavy atom. The topological polar surface area (TPSA) is 81.7 Å². The Morgan fingerprint density at radius 1 is 1.32 bits per heavy atom. The first-order chi connectivity index (χ1) is 12.0. The number of piperidine rings is 1. The number of hydrogen-bond donors (Lipinski definition) is 1. The maximum atomic E-state index is 13.2. The highest BCUT2D eigenvalue weighted by molar-refractivity contribution is 7.93. The first kappa shape index (κ1) is 19.3. The van der Waals surface area contributed by atoms with Crippen molar-refractivity contribution in [3.8, 4) is 17.6 Å². The predicted octanol–water partition coefficient (Wildman–Crippen LogP) is 1.55. The van der Waals surface area contributed by atoms with Gasteiger partial charge in [0.25, 0.3) is 0 Å². The summed E-state index contributed by atoms with van der Waals surface area (Å²) in [6.45, 7) is 4.49. The smallest absolute Gasteiger partial charge is 0.329 e. The Hall–Kier alpha value is -2.04. The fraction of sp³-hybridized carbons (Fsp3) is 0.500. The molecule has 0 saturated carbocycles. The molecule has 0 aromatic heterocycles. The van der Waals surface area contributed by atoms with Crippen molar-refractivity contribution in [3.63, 3.8) is 0 Å². The molecule has 1 unspecified atom stereocenters. The fourth-order valence-corrected chi connectivity index (χ4v) is 4.71. The molecule has 1 aromatic carbocycles. The third kappa shape index (κ3) is 3.97. The second-order valence-electron chi connectivity index (χ2n) is 5.69. The van der Waals surface area contributed by atoms with Crippen LogP contribution in [0, 0.1) is 11.8 Å². The SMILES string of the molecule is CC#CCOc1ccc(S(=O)(=O)C2(C(=O)OCC)CCCNC2)cc1. The van der Waals surface area contributed by atoms with E-state index in [2.05, 4.69) is 17.2 Å². The van der Waals surface area contributed by atoms with Crippen LogP contribution in [0.1, 0.15) is 26.7 Å². The van der Waals surface area contributed by atoms with Gasteiger partial charge in [0.2, 0.25) is 0 Å². The largest absolute Gasteiger partial charge is 0.481 e. The van der Waals surface area contributed by atoms with E-state index in [4.69, 9.17) is 9.47 Å². The molecular formula is C18H23NO5S. The number of carbonyl (C=O) groups excluding carboxylic acids is 1. The van der Waals surface area contributed by atoms with Crippen molar-refractivity contribution in [3.05, 3.63) is 24.3 Å². The highest BCUT2D eigenvalue weighted by Crippen LogP contribution is 2.34. The zero-order valence-electron chi connectivity index (χ0n) is 14.5. The molecule has 1 aromatic rings. The van der Waals surface area contributed by atoms with Crippen LogP contribution in [-0.4, -0.2) is 45.4 Å². The van der Waals surface area contributed by atoms with E-state index in [1.807, 2.05) is 0 Å². The lowest BCUT2D eigenvalue weighted by Gasteiger charge is -2.34. The van der Waals surface area contributed by atoms with Gasteiger partial charge in [0.15, 0.2) is 14.6 Å². The molecule has 1 saturated heterocycles. The van der Waals surface area contributed by atoms with Gasteiger partial charge in [-0.15, -0.1) is 5.92 Å². The molecule has 2 rings (SSSR count). The van der Waals surface area contributed by atoms with Crippen LogP contribution in [0.15, 0.2) is 29.2 Å². The number of nitrogens with one attached hydrogen (secondary N) is 1. The predicted molar refractivity (Wildman–Crippen MR) is 94.0 cm³/mol. The van der Waals surface area contributed by atoms with Crippen molar-refractivity contribution in [1.29, 1.82) is 0 Å². The van der Waals surface area contributed by atoms with Crippen molar-refractivity contribution in [2.45, 2.75) is 36.3 Å². The minimum absolute atomic E-state index is 0.0541. The van der Waals surface area contributed by atoms with Gasteiger partial charge in [0.1, 0.15) is 12.4 Å². The summed E-state index contributed by atoms with van der Waals surface area (Å²) in [5, 5.41) is 3.02. The Bertz CT molecular complexity index is 753. The highest BCUT2D eigenvalue weighted by atomic mass is 32.2. The molecule has 0 amide bonds. The Kier molecular flexibility index (Phi) is 6.45. The summed E-state index contributed by atoms with van der Waals surface area (Å²) in [5.74, 6) is 5.31. The van der Waals surface area contributed by atoms with Crippen LogP contribution in [0.3, 0.4) is 0 Å². The van der Waals surface area contributed by atoms with Gasteiger partial charge in [-0.1, -0.05) is 5.92 Å². The molecule has 7 heteroatoms. The summed E-state index contributed by atoms with van der Waals surface area (Å²) in [4.78, 5) is 12.6. The quantitative estimate of drug-likeness (QED) is 0.608. The molecular weight excluding hydrogens is 342 g/mol. The van der Waals surface area contributed by atoms with Gasteiger partial charge in [-0.2, -0.15) is 0 Å². The van der Waals surface area contributed by atoms with E-state index in [-0.39, 0.29) is 31.1 Å². The van der Waals surface area contributed by atoms with Crippen LogP contribution in [0.4, 0.5) is 0 Å². The van der Waals surface area contributed by atoms with Crippen molar-refractivity contribution in [1.82, 2.24) is 5.32 Å². The molecule has 25 heavy (non-hydrogen) atoms. The summed E-state index contributed by atoms with van der Waals surface area (Å²) in [6.07, 6.45) is 0.834. The monoisotopic (exact) mass is 365 g/mol. The third-order valence-corrected chi connectivity index (χ3v) is 6.57. The number of benzene rings is 1. The summed E-state index contributed by atoms with van der Waals surface area (Å²) < 4.78 is 35.3. The number of esters is 1. The molecule has 0 spiro atoms. The van der Waals surface area contributed by atoms with Crippen molar-refractivity contribution in [2.75, 3.05) is 26.3 Å². The standard InChI is InChI=1S/C18H23NO5S/c1-3-5-13-24-15-7-9-16(10-8-15)25(21,22)18(17(20)23-4-2)11-6-12-19-14-18/h7-10,19H,4,6,11-14H2,1-2H3. The van der Waals surface area contributed by atoms with Crippen LogP contribution in [0.2, 0.25) is 0 Å². The highest BCUT2D eigenvalue weighted by Gasteiger charge is 2.53. The molecule has 1 fully saturated rings. The van der Waals surface area contributed by atoms with E-state index in [1.54, 1.807) is 26.0 Å². The molecule has 0 bridgehead atoms. The molecule has 1 N–H and O–H groups in total. The average molecular weight is 365 g/mol. The number of ether oxygens (including phenoxy) is 2. The number of carbonyl (C=O) groups is 1. The maximum Gasteiger partial charge on any atom is 0.329 e. The molecule has 1 aliphatic rings. The molecule has 0 radical (unpaired) electrons. The fourth-order valence-electron chi connectivity index (χ4n) is 2.79. The van der Waals surface area contributed by atoms with Crippen LogP contribution >= 0.6 is 0 Å². The molecule has 1 atom stereocenters. The molecule has 1 aliphatic heterocycles. The number of sulfone groups is 1. The summed E-state index contributed by atoms with van der Waals surface area (Å²) in [6, 6.07) is 6.05. The van der Waals surface area contributed by atoms with E-state index >= 15 is 0 Å². The molecule has 0 aliphatic carbocycles. The van der Waals surface area contributed by atoms with Gasteiger partial charge in [-0.05, 0) is 57.5 Å². The van der Waals surface area contributed by atoms with Crippen LogP contribution < -0.4 is 10.1 Å². The van der Waals surface area contributed by atoms with E-state index in [0.29, 0.717) is 18.7 Å². The summed E-state index contributed by atoms with van der Waals surface area (Å²) >= 11 is 0. The molecule has 136 valence electrons. The normalized spacial score (nSPS) is 20.2. The van der Waals surface area contributed by atoms with E-state index < -0.39 is 20.6 Å². The maximum absolute atomic E-state index is 13.2. The first-order valence-electron chi connectivity index (χ1n) is 8.23. The lowest BCUT2D eigenvalue weighted by molar-refractivity contribution is -0.146. The minimum atomic E-state index is -3.91. The van der Waals surface area contributed by atoms with Crippen LogP contribution in [-0.2, 0) is 19.4 Å². The van der Waals surface area contributed by atoms with Crippen molar-refractivity contribution in [2.24, 2.45) is 0 Å². The Balaban J connectivity index is 2.32. The van der Waals surface area contributed by atoms with Gasteiger partial charge in [0.05, 0.1) is 11.5 Å². The molecule has 6 nitrogen and oxygen atoms in total. The first-order valence-corrected chi connectivity index (χ1v) is 9.71. The minimum Gasteiger partial charge on any atom is -0.481 e. The summed E-state index contributed by atoms with van der Waals surface area (Å²) in [7, 11) is -3.91. The van der Waals surface area contributed by atoms with E-state index in [9.17, 15) is 13.2 Å². The average Bonchev–Trinajstić information content (AvgIpc) is 2.63. The zero-order chi connectivity index (χ0) is 18.3. The number of rotatable bonds is 6. The molecule has 1 heterocycles. The van der Waals surface area contributed by atoms with Gasteiger partial charge in [0, 0.05) is 6.54 Å². The van der Waals surface area contributed by atoms with Crippen LogP contribution in [0.5, 0.6) is 5.75 Å².